The fourth-order valence-corrected chi connectivity index (χ4v) is 3.04. The van der Waals surface area contributed by atoms with Crippen molar-refractivity contribution in [3.63, 3.8) is 0 Å². The first-order valence-corrected chi connectivity index (χ1v) is 5.53. The van der Waals surface area contributed by atoms with Crippen molar-refractivity contribution in [2.45, 2.75) is 45.1 Å². The Morgan fingerprint density at radius 1 is 1.23 bits per heavy atom. The van der Waals surface area contributed by atoms with E-state index < -0.39 is 0 Å². The van der Waals surface area contributed by atoms with Crippen LogP contribution in [-0.4, -0.2) is 18.4 Å². The van der Waals surface area contributed by atoms with E-state index in [1.54, 1.807) is 6.92 Å². The maximum absolute atomic E-state index is 11.4. The van der Waals surface area contributed by atoms with Crippen LogP contribution in [-0.2, 0) is 4.79 Å². The fourth-order valence-electron chi connectivity index (χ4n) is 3.04. The number of carbonyl (C=O) groups is 1. The molecule has 2 heteroatoms. The number of hydrogen-bond acceptors (Lipinski definition) is 2. The van der Waals surface area contributed by atoms with Gasteiger partial charge in [0.25, 0.3) is 0 Å². The van der Waals surface area contributed by atoms with Crippen molar-refractivity contribution in [2.24, 2.45) is 11.8 Å². The second kappa shape index (κ2) is 3.79. The Kier molecular flexibility index (Phi) is 2.68. The van der Waals surface area contributed by atoms with Crippen molar-refractivity contribution in [1.29, 1.82) is 0 Å². The second-order valence-electron chi connectivity index (χ2n) is 4.51. The number of Topliss-reactive ketones (excluding diaryl/α,β-unsaturated/α-hetero) is 1. The Morgan fingerprint density at radius 3 is 2.77 bits per heavy atom. The molecule has 0 aromatic heterocycles. The third kappa shape index (κ3) is 1.78. The lowest BCUT2D eigenvalue weighted by Gasteiger charge is -2.41. The van der Waals surface area contributed by atoms with Gasteiger partial charge in [-0.25, -0.2) is 0 Å². The highest BCUT2D eigenvalue weighted by Crippen LogP contribution is 2.35. The topological polar surface area (TPSA) is 29.1 Å². The number of hydrogen-bond donors (Lipinski definition) is 1. The van der Waals surface area contributed by atoms with Crippen molar-refractivity contribution in [2.75, 3.05) is 6.54 Å². The Bertz CT molecular complexity index is 200. The van der Waals surface area contributed by atoms with Crippen LogP contribution in [0, 0.1) is 11.8 Å². The first kappa shape index (κ1) is 9.20. The van der Waals surface area contributed by atoms with Gasteiger partial charge in [-0.3, -0.25) is 4.79 Å². The third-order valence-electron chi connectivity index (χ3n) is 3.72. The van der Waals surface area contributed by atoms with Crippen LogP contribution in [0.4, 0.5) is 0 Å². The number of fused-ring (bicyclic) bond motifs is 1. The molecule has 1 saturated carbocycles. The van der Waals surface area contributed by atoms with Crippen molar-refractivity contribution in [3.8, 4) is 0 Å². The van der Waals surface area contributed by atoms with Gasteiger partial charge in [0.1, 0.15) is 5.78 Å². The highest BCUT2D eigenvalue weighted by atomic mass is 16.1. The van der Waals surface area contributed by atoms with E-state index in [2.05, 4.69) is 5.32 Å². The maximum atomic E-state index is 11.4. The molecule has 0 radical (unpaired) electrons. The summed E-state index contributed by atoms with van der Waals surface area (Å²) in [6, 6.07) is 0.649. The minimum absolute atomic E-state index is 0.367. The second-order valence-corrected chi connectivity index (χ2v) is 4.51. The quantitative estimate of drug-likeness (QED) is 0.667. The normalized spacial score (nSPS) is 39.6. The predicted molar refractivity (Wildman–Crippen MR) is 52.5 cm³/mol. The molecule has 0 bridgehead atoms. The average Bonchev–Trinajstić information content (AvgIpc) is 2.17. The van der Waals surface area contributed by atoms with Gasteiger partial charge < -0.3 is 5.32 Å². The molecule has 1 saturated heterocycles. The summed E-state index contributed by atoms with van der Waals surface area (Å²) >= 11 is 0. The highest BCUT2D eigenvalue weighted by molar-refractivity contribution is 5.78. The van der Waals surface area contributed by atoms with Crippen molar-refractivity contribution in [1.82, 2.24) is 5.32 Å². The summed E-state index contributed by atoms with van der Waals surface area (Å²) in [5.41, 5.74) is 0. The summed E-state index contributed by atoms with van der Waals surface area (Å²) in [5, 5.41) is 3.55. The molecule has 1 aliphatic carbocycles. The van der Waals surface area contributed by atoms with E-state index >= 15 is 0 Å². The molecule has 2 fully saturated rings. The zero-order valence-corrected chi connectivity index (χ0v) is 8.38. The molecule has 2 aliphatic rings. The minimum Gasteiger partial charge on any atom is -0.314 e. The van der Waals surface area contributed by atoms with Gasteiger partial charge in [0.05, 0.1) is 0 Å². The van der Waals surface area contributed by atoms with E-state index in [0.29, 0.717) is 23.7 Å². The van der Waals surface area contributed by atoms with E-state index in [4.69, 9.17) is 0 Å². The molecule has 1 heterocycles. The molecular weight excluding hydrogens is 162 g/mol. The van der Waals surface area contributed by atoms with Gasteiger partial charge in [0, 0.05) is 12.0 Å². The van der Waals surface area contributed by atoms with Crippen molar-refractivity contribution < 1.29 is 4.79 Å². The number of piperidine rings is 1. The van der Waals surface area contributed by atoms with E-state index in [1.807, 2.05) is 0 Å². The summed E-state index contributed by atoms with van der Waals surface area (Å²) < 4.78 is 0. The van der Waals surface area contributed by atoms with Crippen LogP contribution in [0.1, 0.15) is 39.0 Å². The van der Waals surface area contributed by atoms with Gasteiger partial charge in [0.15, 0.2) is 0 Å². The third-order valence-corrected chi connectivity index (χ3v) is 3.72. The number of rotatable bonds is 1. The van der Waals surface area contributed by atoms with Gasteiger partial charge in [-0.05, 0) is 38.6 Å². The largest absolute Gasteiger partial charge is 0.314 e. The molecule has 0 amide bonds. The molecule has 3 unspecified atom stereocenters. The molecule has 0 spiro atoms. The predicted octanol–water partition coefficient (Wildman–Crippen LogP) is 1.74. The number of ketones is 1. The van der Waals surface area contributed by atoms with Crippen LogP contribution in [0.3, 0.4) is 0 Å². The van der Waals surface area contributed by atoms with Crippen LogP contribution in [0.15, 0.2) is 0 Å². The monoisotopic (exact) mass is 181 g/mol. The maximum Gasteiger partial charge on any atom is 0.133 e. The first-order valence-electron chi connectivity index (χ1n) is 5.53. The molecule has 74 valence electrons. The lowest BCUT2D eigenvalue weighted by Crippen LogP contribution is -2.49. The Morgan fingerprint density at radius 2 is 2.00 bits per heavy atom. The first-order chi connectivity index (χ1) is 6.29. The molecule has 13 heavy (non-hydrogen) atoms. The summed E-state index contributed by atoms with van der Waals surface area (Å²) in [6.07, 6.45) is 6.29. The summed E-state index contributed by atoms with van der Waals surface area (Å²) in [7, 11) is 0. The number of carbonyl (C=O) groups excluding carboxylic acids is 1. The van der Waals surface area contributed by atoms with E-state index in [1.165, 1.54) is 25.7 Å². The molecule has 2 rings (SSSR count). The zero-order chi connectivity index (χ0) is 9.26. The van der Waals surface area contributed by atoms with Gasteiger partial charge in [-0.2, -0.15) is 0 Å². The van der Waals surface area contributed by atoms with Crippen LogP contribution in [0.5, 0.6) is 0 Å². The van der Waals surface area contributed by atoms with Gasteiger partial charge in [-0.1, -0.05) is 12.8 Å². The fraction of sp³-hybridized carbons (Fsp3) is 0.909. The van der Waals surface area contributed by atoms with Crippen LogP contribution in [0.25, 0.3) is 0 Å². The molecule has 1 aliphatic heterocycles. The van der Waals surface area contributed by atoms with Crippen LogP contribution in [0.2, 0.25) is 0 Å². The van der Waals surface area contributed by atoms with Crippen LogP contribution < -0.4 is 5.32 Å². The molecule has 0 aromatic rings. The van der Waals surface area contributed by atoms with Crippen molar-refractivity contribution in [3.05, 3.63) is 0 Å². The molecule has 1 N–H and O–H groups in total. The molecule has 0 aromatic carbocycles. The van der Waals surface area contributed by atoms with Gasteiger partial charge >= 0.3 is 0 Å². The lowest BCUT2D eigenvalue weighted by molar-refractivity contribution is -0.124. The van der Waals surface area contributed by atoms with Gasteiger partial charge in [0.2, 0.25) is 0 Å². The summed E-state index contributed by atoms with van der Waals surface area (Å²) in [6.45, 7) is 2.81. The molecular formula is C11H19NO. The SMILES string of the molecule is CC(=O)C1CCNC2CCCCC21. The van der Waals surface area contributed by atoms with E-state index in [0.717, 1.165) is 13.0 Å². The Hall–Kier alpha value is -0.370. The van der Waals surface area contributed by atoms with Gasteiger partial charge in [-0.15, -0.1) is 0 Å². The molecule has 2 nitrogen and oxygen atoms in total. The van der Waals surface area contributed by atoms with E-state index in [9.17, 15) is 4.79 Å². The van der Waals surface area contributed by atoms with Crippen LogP contribution >= 0.6 is 0 Å². The smallest absolute Gasteiger partial charge is 0.133 e. The standard InChI is InChI=1S/C11H19NO/c1-8(13)9-6-7-12-11-5-3-2-4-10(9)11/h9-12H,2-7H2,1H3. The molecule has 3 atom stereocenters. The minimum atomic E-state index is 0.367. The zero-order valence-electron chi connectivity index (χ0n) is 8.38. The number of nitrogens with one attached hydrogen (secondary N) is 1. The average molecular weight is 181 g/mol. The highest BCUT2D eigenvalue weighted by Gasteiger charge is 2.36. The lowest BCUT2D eigenvalue weighted by atomic mass is 9.71. The Balaban J connectivity index is 2.06. The Labute approximate surface area is 80.1 Å². The summed E-state index contributed by atoms with van der Waals surface area (Å²) in [5.74, 6) is 1.44. The summed E-state index contributed by atoms with van der Waals surface area (Å²) in [4.78, 5) is 11.4. The van der Waals surface area contributed by atoms with E-state index in [-0.39, 0.29) is 0 Å². The van der Waals surface area contributed by atoms with Crippen molar-refractivity contribution >= 4 is 5.78 Å².